The molecule has 0 aliphatic rings. The van der Waals surface area contributed by atoms with E-state index in [4.69, 9.17) is 22.1 Å². The zero-order valence-corrected chi connectivity index (χ0v) is 11.8. The standard InChI is InChI=1S/C13H17ClF3NO2/c1-9(18)10-3-4-12(11(14)7-10)20-6-2-5-19-8-13(15,16)17/h3-4,7,9H,2,5-6,8,18H2,1H3. The van der Waals surface area contributed by atoms with Crippen LogP contribution in [-0.4, -0.2) is 26.0 Å². The van der Waals surface area contributed by atoms with Gasteiger partial charge in [0.1, 0.15) is 12.4 Å². The minimum Gasteiger partial charge on any atom is -0.492 e. The molecule has 0 spiro atoms. The van der Waals surface area contributed by atoms with Gasteiger partial charge in [-0.15, -0.1) is 0 Å². The van der Waals surface area contributed by atoms with E-state index < -0.39 is 12.8 Å². The van der Waals surface area contributed by atoms with Crippen molar-refractivity contribution in [1.82, 2.24) is 0 Å². The van der Waals surface area contributed by atoms with Crippen molar-refractivity contribution in [1.29, 1.82) is 0 Å². The summed E-state index contributed by atoms with van der Waals surface area (Å²) in [5, 5.41) is 0.427. The lowest BCUT2D eigenvalue weighted by molar-refractivity contribution is -0.174. The van der Waals surface area contributed by atoms with Crippen LogP contribution in [0.5, 0.6) is 5.75 Å². The Kier molecular flexibility index (Phi) is 6.58. The Bertz CT molecular complexity index is 425. The highest BCUT2D eigenvalue weighted by Crippen LogP contribution is 2.27. The molecule has 1 aromatic rings. The molecule has 1 aromatic carbocycles. The van der Waals surface area contributed by atoms with Crippen LogP contribution in [0.4, 0.5) is 13.2 Å². The molecule has 0 saturated heterocycles. The second-order valence-electron chi connectivity index (χ2n) is 4.35. The molecule has 0 saturated carbocycles. The van der Waals surface area contributed by atoms with Crippen LogP contribution in [-0.2, 0) is 4.74 Å². The summed E-state index contributed by atoms with van der Waals surface area (Å²) in [5.74, 6) is 0.479. The lowest BCUT2D eigenvalue weighted by Gasteiger charge is -2.11. The van der Waals surface area contributed by atoms with E-state index in [0.29, 0.717) is 17.2 Å². The molecule has 3 nitrogen and oxygen atoms in total. The van der Waals surface area contributed by atoms with E-state index in [1.165, 1.54) is 0 Å². The molecular formula is C13H17ClF3NO2. The second-order valence-corrected chi connectivity index (χ2v) is 4.76. The van der Waals surface area contributed by atoms with Crippen molar-refractivity contribution in [3.63, 3.8) is 0 Å². The summed E-state index contributed by atoms with van der Waals surface area (Å²) in [6.07, 6.45) is -3.94. The van der Waals surface area contributed by atoms with Crippen molar-refractivity contribution in [2.45, 2.75) is 25.6 Å². The highest BCUT2D eigenvalue weighted by molar-refractivity contribution is 6.32. The Morgan fingerprint density at radius 2 is 2.00 bits per heavy atom. The molecule has 0 aliphatic carbocycles. The van der Waals surface area contributed by atoms with Crippen LogP contribution in [0.1, 0.15) is 24.9 Å². The summed E-state index contributed by atoms with van der Waals surface area (Å²) < 4.78 is 45.2. The van der Waals surface area contributed by atoms with Crippen LogP contribution in [0.2, 0.25) is 5.02 Å². The molecule has 7 heteroatoms. The van der Waals surface area contributed by atoms with Gasteiger partial charge in [0.15, 0.2) is 0 Å². The predicted octanol–water partition coefficient (Wildman–Crippen LogP) is 3.71. The number of hydrogen-bond donors (Lipinski definition) is 1. The smallest absolute Gasteiger partial charge is 0.411 e. The zero-order valence-electron chi connectivity index (χ0n) is 11.0. The zero-order chi connectivity index (χ0) is 15.2. The molecule has 20 heavy (non-hydrogen) atoms. The highest BCUT2D eigenvalue weighted by Gasteiger charge is 2.27. The van der Waals surface area contributed by atoms with Gasteiger partial charge in [-0.2, -0.15) is 13.2 Å². The number of halogens is 4. The second kappa shape index (κ2) is 7.71. The normalized spacial score (nSPS) is 13.3. The number of hydrogen-bond acceptors (Lipinski definition) is 3. The lowest BCUT2D eigenvalue weighted by Crippen LogP contribution is -2.18. The van der Waals surface area contributed by atoms with Gasteiger partial charge < -0.3 is 15.2 Å². The SMILES string of the molecule is CC(N)c1ccc(OCCCOCC(F)(F)F)c(Cl)c1. The van der Waals surface area contributed by atoms with E-state index in [1.54, 1.807) is 18.2 Å². The Balaban J connectivity index is 2.29. The van der Waals surface area contributed by atoms with Crippen LogP contribution in [0.15, 0.2) is 18.2 Å². The first-order valence-electron chi connectivity index (χ1n) is 6.12. The molecule has 0 heterocycles. The predicted molar refractivity (Wildman–Crippen MR) is 71.0 cm³/mol. The largest absolute Gasteiger partial charge is 0.492 e. The van der Waals surface area contributed by atoms with E-state index in [0.717, 1.165) is 5.56 Å². The van der Waals surface area contributed by atoms with E-state index in [2.05, 4.69) is 4.74 Å². The van der Waals surface area contributed by atoms with Crippen molar-refractivity contribution in [2.75, 3.05) is 19.8 Å². The van der Waals surface area contributed by atoms with Crippen LogP contribution in [0, 0.1) is 0 Å². The van der Waals surface area contributed by atoms with Gasteiger partial charge in [-0.25, -0.2) is 0 Å². The highest BCUT2D eigenvalue weighted by atomic mass is 35.5. The van der Waals surface area contributed by atoms with Gasteiger partial charge in [-0.1, -0.05) is 17.7 Å². The van der Waals surface area contributed by atoms with Crippen molar-refractivity contribution >= 4 is 11.6 Å². The molecule has 0 bridgehead atoms. The van der Waals surface area contributed by atoms with Gasteiger partial charge in [0.05, 0.1) is 18.2 Å². The fraction of sp³-hybridized carbons (Fsp3) is 0.538. The summed E-state index contributed by atoms with van der Waals surface area (Å²) in [7, 11) is 0. The topological polar surface area (TPSA) is 44.5 Å². The third-order valence-corrected chi connectivity index (χ3v) is 2.73. The average Bonchev–Trinajstić information content (AvgIpc) is 2.33. The molecule has 0 aromatic heterocycles. The van der Waals surface area contributed by atoms with Crippen molar-refractivity contribution in [3.8, 4) is 5.75 Å². The molecule has 114 valence electrons. The third-order valence-electron chi connectivity index (χ3n) is 2.44. The van der Waals surface area contributed by atoms with Crippen LogP contribution in [0.25, 0.3) is 0 Å². The molecule has 1 unspecified atom stereocenters. The average molecular weight is 312 g/mol. The maximum absolute atomic E-state index is 11.8. The first-order chi connectivity index (χ1) is 9.29. The number of rotatable bonds is 7. The molecule has 0 amide bonds. The van der Waals surface area contributed by atoms with Crippen LogP contribution >= 0.6 is 11.6 Å². The van der Waals surface area contributed by atoms with E-state index in [1.807, 2.05) is 6.92 Å². The first kappa shape index (κ1) is 17.1. The summed E-state index contributed by atoms with van der Waals surface area (Å²) in [6.45, 7) is 0.811. The van der Waals surface area contributed by atoms with E-state index in [-0.39, 0.29) is 19.3 Å². The molecule has 1 atom stereocenters. The fourth-order valence-corrected chi connectivity index (χ4v) is 1.69. The fourth-order valence-electron chi connectivity index (χ4n) is 1.45. The summed E-state index contributed by atoms with van der Waals surface area (Å²) >= 11 is 6.01. The van der Waals surface area contributed by atoms with E-state index >= 15 is 0 Å². The quantitative estimate of drug-likeness (QED) is 0.781. The summed E-state index contributed by atoms with van der Waals surface area (Å²) in [4.78, 5) is 0. The van der Waals surface area contributed by atoms with E-state index in [9.17, 15) is 13.2 Å². The minimum absolute atomic E-state index is 0.0188. The third kappa shape index (κ3) is 6.45. The summed E-state index contributed by atoms with van der Waals surface area (Å²) in [6, 6.07) is 5.07. The van der Waals surface area contributed by atoms with Gasteiger partial charge in [0, 0.05) is 12.5 Å². The van der Waals surface area contributed by atoms with Gasteiger partial charge in [0.25, 0.3) is 0 Å². The maximum atomic E-state index is 11.8. The number of alkyl halides is 3. The monoisotopic (exact) mass is 311 g/mol. The Morgan fingerprint density at radius 3 is 2.55 bits per heavy atom. The van der Waals surface area contributed by atoms with Crippen molar-refractivity contribution in [2.24, 2.45) is 5.73 Å². The molecular weight excluding hydrogens is 295 g/mol. The Labute approximate surface area is 120 Å². The minimum atomic E-state index is -4.29. The van der Waals surface area contributed by atoms with Crippen molar-refractivity contribution < 1.29 is 22.6 Å². The first-order valence-corrected chi connectivity index (χ1v) is 6.49. The maximum Gasteiger partial charge on any atom is 0.411 e. The van der Waals surface area contributed by atoms with Crippen molar-refractivity contribution in [3.05, 3.63) is 28.8 Å². The number of nitrogens with two attached hydrogens (primary N) is 1. The number of benzene rings is 1. The lowest BCUT2D eigenvalue weighted by atomic mass is 10.1. The summed E-state index contributed by atoms with van der Waals surface area (Å²) in [5.41, 5.74) is 6.60. The Morgan fingerprint density at radius 1 is 1.30 bits per heavy atom. The van der Waals surface area contributed by atoms with Gasteiger partial charge in [-0.05, 0) is 24.6 Å². The van der Waals surface area contributed by atoms with Gasteiger partial charge >= 0.3 is 6.18 Å². The molecule has 1 rings (SSSR count). The Hall–Kier alpha value is -0.980. The molecule has 0 radical (unpaired) electrons. The van der Waals surface area contributed by atoms with Crippen LogP contribution in [0.3, 0.4) is 0 Å². The molecule has 0 aliphatic heterocycles. The molecule has 2 N–H and O–H groups in total. The number of ether oxygens (including phenoxy) is 2. The molecule has 0 fully saturated rings. The van der Waals surface area contributed by atoms with Gasteiger partial charge in [-0.3, -0.25) is 0 Å². The van der Waals surface area contributed by atoms with Crippen LogP contribution < -0.4 is 10.5 Å². The van der Waals surface area contributed by atoms with Gasteiger partial charge in [0.2, 0.25) is 0 Å².